The normalized spacial score (nSPS) is 17.5. The molecule has 0 unspecified atom stereocenters. The maximum absolute atomic E-state index is 12.1. The summed E-state index contributed by atoms with van der Waals surface area (Å²) in [5, 5.41) is 6.15. The molecule has 0 spiro atoms. The first-order valence-electron chi connectivity index (χ1n) is 7.09. The minimum absolute atomic E-state index is 0. The Balaban J connectivity index is 0.00000220. The molecule has 0 bridgehead atoms. The highest BCUT2D eigenvalue weighted by molar-refractivity contribution is 5.95. The number of nitrogens with one attached hydrogen (secondary N) is 2. The molecule has 0 aliphatic carbocycles. The van der Waals surface area contributed by atoms with Crippen molar-refractivity contribution in [2.75, 3.05) is 25.6 Å². The molecule has 1 fully saturated rings. The quantitative estimate of drug-likeness (QED) is 0.877. The fraction of sp³-hybridized carbons (Fsp3) is 0.533. The van der Waals surface area contributed by atoms with Gasteiger partial charge in [0.1, 0.15) is 0 Å². The van der Waals surface area contributed by atoms with Gasteiger partial charge in [-0.3, -0.25) is 4.79 Å². The third-order valence-electron chi connectivity index (χ3n) is 3.36. The van der Waals surface area contributed by atoms with E-state index < -0.39 is 0 Å². The van der Waals surface area contributed by atoms with E-state index in [-0.39, 0.29) is 24.4 Å². The van der Waals surface area contributed by atoms with Crippen LogP contribution in [0.25, 0.3) is 0 Å². The molecular weight excluding hydrogens is 292 g/mol. The summed E-state index contributed by atoms with van der Waals surface area (Å²) in [5.41, 5.74) is 0.725. The average Bonchev–Trinajstić information content (AvgIpc) is 2.50. The van der Waals surface area contributed by atoms with E-state index in [1.165, 1.54) is 0 Å². The van der Waals surface area contributed by atoms with E-state index >= 15 is 0 Å². The molecule has 118 valence electrons. The molecule has 6 heteroatoms. The second-order valence-electron chi connectivity index (χ2n) is 4.79. The van der Waals surface area contributed by atoms with Gasteiger partial charge in [0.05, 0.1) is 19.8 Å². The van der Waals surface area contributed by atoms with E-state index in [1.807, 2.05) is 19.1 Å². The number of benzene rings is 1. The Bertz CT molecular complexity index is 462. The Labute approximate surface area is 131 Å². The molecule has 0 radical (unpaired) electrons. The lowest BCUT2D eigenvalue weighted by Crippen LogP contribution is -2.43. The summed E-state index contributed by atoms with van der Waals surface area (Å²) in [6.07, 6.45) is 3.12. The predicted molar refractivity (Wildman–Crippen MR) is 85.7 cm³/mol. The summed E-state index contributed by atoms with van der Waals surface area (Å²) in [6, 6.07) is 5.33. The summed E-state index contributed by atoms with van der Waals surface area (Å²) in [4.78, 5) is 12.1. The van der Waals surface area contributed by atoms with E-state index in [0.717, 1.165) is 31.5 Å². The number of carbonyl (C=O) groups excluding carboxylic acids is 1. The van der Waals surface area contributed by atoms with Crippen LogP contribution in [0.2, 0.25) is 0 Å². The molecule has 1 amide bonds. The second-order valence-corrected chi connectivity index (χ2v) is 4.79. The fourth-order valence-electron chi connectivity index (χ4n) is 2.33. The highest BCUT2D eigenvalue weighted by atomic mass is 35.5. The van der Waals surface area contributed by atoms with Crippen molar-refractivity contribution in [3.8, 4) is 11.5 Å². The number of hydrogen-bond donors (Lipinski definition) is 2. The van der Waals surface area contributed by atoms with Gasteiger partial charge in [0, 0.05) is 11.8 Å². The van der Waals surface area contributed by atoms with Crippen LogP contribution in [0.3, 0.4) is 0 Å². The minimum Gasteiger partial charge on any atom is -0.493 e. The third kappa shape index (κ3) is 4.79. The summed E-state index contributed by atoms with van der Waals surface area (Å²) in [6.45, 7) is 3.41. The van der Waals surface area contributed by atoms with Crippen LogP contribution >= 0.6 is 12.4 Å². The molecule has 1 aromatic rings. The SMILES string of the molecule is CCOc1ccc(NC(=O)[C@H]2CCCCN2)cc1OC.Cl. The number of hydrogen-bond acceptors (Lipinski definition) is 4. The van der Waals surface area contributed by atoms with Gasteiger partial charge < -0.3 is 20.1 Å². The summed E-state index contributed by atoms with van der Waals surface area (Å²) in [7, 11) is 1.59. The topological polar surface area (TPSA) is 59.6 Å². The number of halogens is 1. The average molecular weight is 315 g/mol. The van der Waals surface area contributed by atoms with Gasteiger partial charge in [0.25, 0.3) is 0 Å². The number of methoxy groups -OCH3 is 1. The molecule has 5 nitrogen and oxygen atoms in total. The summed E-state index contributed by atoms with van der Waals surface area (Å²) in [5.74, 6) is 1.32. The van der Waals surface area contributed by atoms with Crippen molar-refractivity contribution in [1.82, 2.24) is 5.32 Å². The van der Waals surface area contributed by atoms with Crippen LogP contribution < -0.4 is 20.1 Å². The van der Waals surface area contributed by atoms with Crippen LogP contribution in [0, 0.1) is 0 Å². The zero-order valence-corrected chi connectivity index (χ0v) is 13.3. The maximum Gasteiger partial charge on any atom is 0.241 e. The Morgan fingerprint density at radius 1 is 1.38 bits per heavy atom. The molecule has 1 aliphatic heterocycles. The third-order valence-corrected chi connectivity index (χ3v) is 3.36. The van der Waals surface area contributed by atoms with E-state index in [2.05, 4.69) is 10.6 Å². The molecular formula is C15H23ClN2O3. The van der Waals surface area contributed by atoms with E-state index in [9.17, 15) is 4.79 Å². The van der Waals surface area contributed by atoms with Crippen molar-refractivity contribution in [2.24, 2.45) is 0 Å². The first kappa shape index (κ1) is 17.6. The maximum atomic E-state index is 12.1. The minimum atomic E-state index is -0.0960. The van der Waals surface area contributed by atoms with Crippen LogP contribution in [0.5, 0.6) is 11.5 Å². The van der Waals surface area contributed by atoms with Crippen LogP contribution in [0.4, 0.5) is 5.69 Å². The van der Waals surface area contributed by atoms with Crippen LogP contribution in [0.1, 0.15) is 26.2 Å². The molecule has 0 aromatic heterocycles. The molecule has 1 aliphatic rings. The van der Waals surface area contributed by atoms with Gasteiger partial charge in [-0.2, -0.15) is 0 Å². The van der Waals surface area contributed by atoms with Crippen LogP contribution in [0.15, 0.2) is 18.2 Å². The monoisotopic (exact) mass is 314 g/mol. The smallest absolute Gasteiger partial charge is 0.241 e. The number of piperidine rings is 1. The Kier molecular flexibility index (Phi) is 7.32. The molecule has 0 saturated carbocycles. The predicted octanol–water partition coefficient (Wildman–Crippen LogP) is 2.60. The van der Waals surface area contributed by atoms with Gasteiger partial charge in [0.2, 0.25) is 5.91 Å². The molecule has 1 heterocycles. The first-order valence-corrected chi connectivity index (χ1v) is 7.09. The largest absolute Gasteiger partial charge is 0.493 e. The number of ether oxygens (including phenoxy) is 2. The van der Waals surface area contributed by atoms with Gasteiger partial charge in [-0.05, 0) is 38.4 Å². The Morgan fingerprint density at radius 3 is 2.81 bits per heavy atom. The lowest BCUT2D eigenvalue weighted by atomic mass is 10.0. The summed E-state index contributed by atoms with van der Waals surface area (Å²) < 4.78 is 10.7. The van der Waals surface area contributed by atoms with Crippen molar-refractivity contribution >= 4 is 24.0 Å². The van der Waals surface area contributed by atoms with Gasteiger partial charge in [-0.15, -0.1) is 12.4 Å². The molecule has 1 saturated heterocycles. The highest BCUT2D eigenvalue weighted by Gasteiger charge is 2.20. The van der Waals surface area contributed by atoms with Crippen LogP contribution in [-0.2, 0) is 4.79 Å². The van der Waals surface area contributed by atoms with Gasteiger partial charge in [0.15, 0.2) is 11.5 Å². The van der Waals surface area contributed by atoms with Crippen molar-refractivity contribution in [2.45, 2.75) is 32.2 Å². The molecule has 21 heavy (non-hydrogen) atoms. The molecule has 1 atom stereocenters. The van der Waals surface area contributed by atoms with Crippen molar-refractivity contribution in [1.29, 1.82) is 0 Å². The van der Waals surface area contributed by atoms with E-state index in [0.29, 0.717) is 18.1 Å². The lowest BCUT2D eigenvalue weighted by molar-refractivity contribution is -0.118. The Hall–Kier alpha value is -1.46. The number of amides is 1. The Morgan fingerprint density at radius 2 is 2.19 bits per heavy atom. The van der Waals surface area contributed by atoms with Gasteiger partial charge in [-0.1, -0.05) is 6.42 Å². The van der Waals surface area contributed by atoms with Crippen molar-refractivity contribution in [3.63, 3.8) is 0 Å². The molecule has 2 N–H and O–H groups in total. The van der Waals surface area contributed by atoms with E-state index in [4.69, 9.17) is 9.47 Å². The van der Waals surface area contributed by atoms with Gasteiger partial charge in [-0.25, -0.2) is 0 Å². The van der Waals surface area contributed by atoms with Crippen LogP contribution in [-0.4, -0.2) is 32.2 Å². The number of rotatable bonds is 5. The first-order chi connectivity index (χ1) is 9.74. The fourth-order valence-corrected chi connectivity index (χ4v) is 2.33. The zero-order valence-electron chi connectivity index (χ0n) is 12.5. The molecule has 2 rings (SSSR count). The number of carbonyl (C=O) groups is 1. The van der Waals surface area contributed by atoms with Crippen molar-refractivity contribution < 1.29 is 14.3 Å². The van der Waals surface area contributed by atoms with E-state index in [1.54, 1.807) is 13.2 Å². The second kappa shape index (κ2) is 8.74. The zero-order chi connectivity index (χ0) is 14.4. The number of anilines is 1. The van der Waals surface area contributed by atoms with Crippen molar-refractivity contribution in [3.05, 3.63) is 18.2 Å². The lowest BCUT2D eigenvalue weighted by Gasteiger charge is -2.22. The molecule has 1 aromatic carbocycles. The standard InChI is InChI=1S/C15H22N2O3.ClH/c1-3-20-13-8-7-11(10-14(13)19-2)17-15(18)12-6-4-5-9-16-12;/h7-8,10,12,16H,3-6,9H2,1-2H3,(H,17,18);1H/t12-;/m1./s1. The highest BCUT2D eigenvalue weighted by Crippen LogP contribution is 2.30. The van der Waals surface area contributed by atoms with Gasteiger partial charge >= 0.3 is 0 Å². The summed E-state index contributed by atoms with van der Waals surface area (Å²) >= 11 is 0.